The maximum atomic E-state index is 13.0. The van der Waals surface area contributed by atoms with E-state index in [9.17, 15) is 4.79 Å². The molecule has 1 atom stereocenters. The van der Waals surface area contributed by atoms with E-state index in [-0.39, 0.29) is 6.03 Å². The maximum Gasteiger partial charge on any atom is 0.328 e. The fourth-order valence-corrected chi connectivity index (χ4v) is 3.89. The second kappa shape index (κ2) is 8.38. The number of urea groups is 1. The van der Waals surface area contributed by atoms with E-state index in [4.69, 9.17) is 9.47 Å². The SMILES string of the molecule is COc1ccc(C2CCN(C(=O)N3C=COC(CC4=CC=CCC4)=C3)C2)cc1. The van der Waals surface area contributed by atoms with Crippen molar-refractivity contribution >= 4 is 6.03 Å². The Kier molecular flexibility index (Phi) is 5.51. The van der Waals surface area contributed by atoms with E-state index >= 15 is 0 Å². The Hall–Kier alpha value is -2.95. The highest BCUT2D eigenvalue weighted by Gasteiger charge is 2.30. The third-order valence-corrected chi connectivity index (χ3v) is 5.49. The number of rotatable bonds is 4. The molecule has 0 bridgehead atoms. The van der Waals surface area contributed by atoms with Crippen molar-refractivity contribution in [2.45, 2.75) is 31.6 Å². The zero-order valence-corrected chi connectivity index (χ0v) is 16.2. The number of hydrogen-bond donors (Lipinski definition) is 0. The van der Waals surface area contributed by atoms with E-state index in [0.29, 0.717) is 5.92 Å². The van der Waals surface area contributed by atoms with E-state index in [1.54, 1.807) is 24.5 Å². The molecule has 0 spiro atoms. The summed E-state index contributed by atoms with van der Waals surface area (Å²) in [6.07, 6.45) is 15.3. The average Bonchev–Trinajstić information content (AvgIpc) is 3.24. The van der Waals surface area contributed by atoms with E-state index in [0.717, 1.165) is 50.3 Å². The summed E-state index contributed by atoms with van der Waals surface area (Å²) in [6.45, 7) is 1.50. The lowest BCUT2D eigenvalue weighted by Crippen LogP contribution is -2.37. The highest BCUT2D eigenvalue weighted by atomic mass is 16.5. The van der Waals surface area contributed by atoms with E-state index in [2.05, 4.69) is 30.4 Å². The molecule has 1 fully saturated rings. The van der Waals surface area contributed by atoms with Gasteiger partial charge < -0.3 is 14.4 Å². The molecule has 0 saturated carbocycles. The highest BCUT2D eigenvalue weighted by molar-refractivity contribution is 5.77. The Bertz CT molecular complexity index is 836. The number of ether oxygens (including phenoxy) is 2. The second-order valence-electron chi connectivity index (χ2n) is 7.36. The van der Waals surface area contributed by atoms with Gasteiger partial charge in [-0.15, -0.1) is 0 Å². The minimum Gasteiger partial charge on any atom is -0.497 e. The van der Waals surface area contributed by atoms with Gasteiger partial charge in [0, 0.05) is 31.6 Å². The molecule has 2 amide bonds. The molecule has 1 unspecified atom stereocenters. The number of nitrogens with zero attached hydrogens (tertiary/aromatic N) is 2. The van der Waals surface area contributed by atoms with Gasteiger partial charge >= 0.3 is 6.03 Å². The zero-order valence-electron chi connectivity index (χ0n) is 16.2. The van der Waals surface area contributed by atoms with Crippen LogP contribution in [0.25, 0.3) is 0 Å². The first-order valence-corrected chi connectivity index (χ1v) is 9.83. The van der Waals surface area contributed by atoms with Crippen LogP contribution in [0.1, 0.15) is 37.2 Å². The van der Waals surface area contributed by atoms with Gasteiger partial charge in [-0.05, 0) is 37.0 Å². The van der Waals surface area contributed by atoms with Crippen LogP contribution in [-0.2, 0) is 4.74 Å². The summed E-state index contributed by atoms with van der Waals surface area (Å²) in [4.78, 5) is 16.5. The molecule has 2 aliphatic heterocycles. The van der Waals surface area contributed by atoms with Gasteiger partial charge in [0.2, 0.25) is 0 Å². The van der Waals surface area contributed by atoms with Crippen molar-refractivity contribution in [3.8, 4) is 5.75 Å². The molecule has 1 saturated heterocycles. The lowest BCUT2D eigenvalue weighted by molar-refractivity contribution is 0.184. The number of benzene rings is 1. The van der Waals surface area contributed by atoms with Crippen LogP contribution in [0.4, 0.5) is 4.79 Å². The van der Waals surface area contributed by atoms with Crippen LogP contribution in [0.3, 0.4) is 0 Å². The van der Waals surface area contributed by atoms with E-state index in [1.807, 2.05) is 23.2 Å². The van der Waals surface area contributed by atoms with Crippen LogP contribution >= 0.6 is 0 Å². The van der Waals surface area contributed by atoms with Gasteiger partial charge in [-0.3, -0.25) is 4.90 Å². The standard InChI is InChI=1S/C23H26N2O3/c1-27-21-9-7-19(8-10-21)20-11-12-24(16-20)23(26)25-13-14-28-22(17-25)15-18-5-3-2-4-6-18/h2-3,5,7-10,13-14,17,20H,4,6,11-12,15-16H2,1H3. The second-order valence-corrected chi connectivity index (χ2v) is 7.36. The molecule has 3 aliphatic rings. The molecule has 0 N–H and O–H groups in total. The molecule has 5 nitrogen and oxygen atoms in total. The summed E-state index contributed by atoms with van der Waals surface area (Å²) in [7, 11) is 1.67. The smallest absolute Gasteiger partial charge is 0.328 e. The third-order valence-electron chi connectivity index (χ3n) is 5.49. The summed E-state index contributed by atoms with van der Waals surface area (Å²) in [5, 5.41) is 0. The molecule has 2 heterocycles. The predicted molar refractivity (Wildman–Crippen MR) is 109 cm³/mol. The summed E-state index contributed by atoms with van der Waals surface area (Å²) >= 11 is 0. The first kappa shape index (κ1) is 18.4. The van der Waals surface area contributed by atoms with Crippen molar-refractivity contribution in [2.24, 2.45) is 0 Å². The minimum atomic E-state index is 0.00517. The van der Waals surface area contributed by atoms with Crippen LogP contribution < -0.4 is 4.74 Å². The molecule has 4 rings (SSSR count). The van der Waals surface area contributed by atoms with Crippen LogP contribution in [0.5, 0.6) is 5.75 Å². The molecule has 1 aromatic rings. The molecule has 28 heavy (non-hydrogen) atoms. The first-order valence-electron chi connectivity index (χ1n) is 9.83. The van der Waals surface area contributed by atoms with Gasteiger partial charge in [0.05, 0.1) is 13.3 Å². The number of likely N-dealkylation sites (tertiary alicyclic amines) is 1. The number of amides is 2. The monoisotopic (exact) mass is 378 g/mol. The number of methoxy groups -OCH3 is 1. The van der Waals surface area contributed by atoms with Gasteiger partial charge in [-0.2, -0.15) is 0 Å². The average molecular weight is 378 g/mol. The fraction of sp³-hybridized carbons (Fsp3) is 0.348. The van der Waals surface area contributed by atoms with Crippen molar-refractivity contribution in [1.29, 1.82) is 0 Å². The van der Waals surface area contributed by atoms with Crippen molar-refractivity contribution in [1.82, 2.24) is 9.80 Å². The summed E-state index contributed by atoms with van der Waals surface area (Å²) in [5.41, 5.74) is 2.58. The topological polar surface area (TPSA) is 42.0 Å². The molecule has 146 valence electrons. The van der Waals surface area contributed by atoms with Crippen molar-refractivity contribution < 1.29 is 14.3 Å². The van der Waals surface area contributed by atoms with Crippen molar-refractivity contribution in [2.75, 3.05) is 20.2 Å². The van der Waals surface area contributed by atoms with Crippen LogP contribution in [0.15, 0.2) is 72.5 Å². The number of allylic oxidation sites excluding steroid dienone is 4. The van der Waals surface area contributed by atoms with Gasteiger partial charge in [0.25, 0.3) is 0 Å². The normalized spacial score (nSPS) is 21.2. The Morgan fingerprint density at radius 2 is 2.14 bits per heavy atom. The number of hydrogen-bond acceptors (Lipinski definition) is 3. The van der Waals surface area contributed by atoms with Crippen LogP contribution in [0.2, 0.25) is 0 Å². The Balaban J connectivity index is 1.38. The molecule has 5 heteroatoms. The van der Waals surface area contributed by atoms with E-state index in [1.165, 1.54) is 11.1 Å². The molecule has 1 aromatic carbocycles. The van der Waals surface area contributed by atoms with Gasteiger partial charge in [-0.25, -0.2) is 4.79 Å². The summed E-state index contributed by atoms with van der Waals surface area (Å²) in [5.74, 6) is 2.03. The van der Waals surface area contributed by atoms with Gasteiger partial charge in [0.15, 0.2) is 0 Å². The highest BCUT2D eigenvalue weighted by Crippen LogP contribution is 2.30. The number of carbonyl (C=O) groups is 1. The van der Waals surface area contributed by atoms with Crippen LogP contribution in [0, 0.1) is 0 Å². The third kappa shape index (κ3) is 4.14. The lowest BCUT2D eigenvalue weighted by Gasteiger charge is -2.26. The molecular weight excluding hydrogens is 352 g/mol. The van der Waals surface area contributed by atoms with Crippen molar-refractivity contribution in [3.63, 3.8) is 0 Å². The molecule has 1 aliphatic carbocycles. The van der Waals surface area contributed by atoms with E-state index < -0.39 is 0 Å². The first-order chi connectivity index (χ1) is 13.7. The largest absolute Gasteiger partial charge is 0.497 e. The summed E-state index contributed by atoms with van der Waals surface area (Å²) in [6, 6.07) is 8.15. The Morgan fingerprint density at radius 1 is 1.29 bits per heavy atom. The molecule has 0 radical (unpaired) electrons. The summed E-state index contributed by atoms with van der Waals surface area (Å²) < 4.78 is 10.9. The number of carbonyl (C=O) groups excluding carboxylic acids is 1. The zero-order chi connectivity index (χ0) is 19.3. The van der Waals surface area contributed by atoms with Gasteiger partial charge in [-0.1, -0.05) is 35.9 Å². The minimum absolute atomic E-state index is 0.00517. The predicted octanol–water partition coefficient (Wildman–Crippen LogP) is 4.92. The molecular formula is C23H26N2O3. The van der Waals surface area contributed by atoms with Gasteiger partial charge in [0.1, 0.15) is 17.8 Å². The Morgan fingerprint density at radius 3 is 2.89 bits per heavy atom. The Labute approximate surface area is 166 Å². The fourth-order valence-electron chi connectivity index (χ4n) is 3.89. The maximum absolute atomic E-state index is 13.0. The molecule has 0 aromatic heterocycles. The van der Waals surface area contributed by atoms with Crippen molar-refractivity contribution in [3.05, 3.63) is 78.1 Å². The lowest BCUT2D eigenvalue weighted by atomic mass is 9.98. The van der Waals surface area contributed by atoms with Crippen LogP contribution in [-0.4, -0.2) is 36.0 Å². The quantitative estimate of drug-likeness (QED) is 0.747.